The molecule has 1 aliphatic rings. The lowest BCUT2D eigenvalue weighted by Gasteiger charge is -2.36. The fourth-order valence-corrected chi connectivity index (χ4v) is 3.25. The van der Waals surface area contributed by atoms with Crippen LogP contribution in [0.25, 0.3) is 0 Å². The van der Waals surface area contributed by atoms with Crippen LogP contribution in [0.4, 0.5) is 0 Å². The Kier molecular flexibility index (Phi) is 6.28. The van der Waals surface area contributed by atoms with Gasteiger partial charge in [0.15, 0.2) is 0 Å². The van der Waals surface area contributed by atoms with Crippen LogP contribution < -0.4 is 14.8 Å². The summed E-state index contributed by atoms with van der Waals surface area (Å²) < 4.78 is 10.4. The van der Waals surface area contributed by atoms with Gasteiger partial charge >= 0.3 is 5.97 Å². The Balaban J connectivity index is 1.99. The fourth-order valence-electron chi connectivity index (χ4n) is 3.25. The number of benzene rings is 1. The summed E-state index contributed by atoms with van der Waals surface area (Å²) in [6, 6.07) is 5.47. The van der Waals surface area contributed by atoms with Crippen molar-refractivity contribution in [3.8, 4) is 11.5 Å². The van der Waals surface area contributed by atoms with E-state index in [1.165, 1.54) is 0 Å². The third-order valence-corrected chi connectivity index (χ3v) is 4.97. The first-order valence-electron chi connectivity index (χ1n) is 8.65. The molecule has 0 unspecified atom stereocenters. The van der Waals surface area contributed by atoms with Crippen molar-refractivity contribution >= 4 is 11.9 Å². The number of amides is 1. The maximum atomic E-state index is 12.3. The topological polar surface area (TPSA) is 84.9 Å². The fraction of sp³-hybridized carbons (Fsp3) is 0.579. The number of carbonyl (C=O) groups is 2. The molecule has 0 bridgehead atoms. The maximum Gasteiger partial charge on any atom is 0.329 e. The van der Waals surface area contributed by atoms with Gasteiger partial charge in [-0.25, -0.2) is 4.79 Å². The van der Waals surface area contributed by atoms with Crippen LogP contribution in [-0.2, 0) is 16.0 Å². The number of carbonyl (C=O) groups excluding carboxylic acids is 1. The Bertz CT molecular complexity index is 598. The minimum atomic E-state index is -1.12. The Morgan fingerprint density at radius 3 is 2.20 bits per heavy atom. The van der Waals surface area contributed by atoms with Gasteiger partial charge in [-0.15, -0.1) is 0 Å². The summed E-state index contributed by atoms with van der Waals surface area (Å²) in [7, 11) is 3.15. The third kappa shape index (κ3) is 4.87. The lowest BCUT2D eigenvalue weighted by Crippen LogP contribution is -2.56. The molecule has 0 heterocycles. The lowest BCUT2D eigenvalue weighted by molar-refractivity contribution is -0.149. The molecule has 6 nitrogen and oxygen atoms in total. The van der Waals surface area contributed by atoms with Crippen LogP contribution in [0.15, 0.2) is 18.2 Å². The number of carboxylic acid groups (broad SMARTS) is 1. The Morgan fingerprint density at radius 1 is 1.16 bits per heavy atom. The molecule has 0 atom stereocenters. The second-order valence-corrected chi connectivity index (χ2v) is 6.84. The zero-order valence-corrected chi connectivity index (χ0v) is 15.1. The molecular weight excluding hydrogens is 322 g/mol. The molecule has 2 N–H and O–H groups in total. The van der Waals surface area contributed by atoms with E-state index in [1.807, 2.05) is 12.1 Å². The van der Waals surface area contributed by atoms with Crippen LogP contribution in [0.3, 0.4) is 0 Å². The van der Waals surface area contributed by atoms with Gasteiger partial charge in [0, 0.05) is 12.5 Å². The van der Waals surface area contributed by atoms with Gasteiger partial charge in [0.1, 0.15) is 17.0 Å². The van der Waals surface area contributed by atoms with Crippen LogP contribution in [0.5, 0.6) is 11.5 Å². The molecule has 138 valence electrons. The first-order chi connectivity index (χ1) is 11.9. The number of hydrogen-bond donors (Lipinski definition) is 2. The van der Waals surface area contributed by atoms with E-state index in [4.69, 9.17) is 9.47 Å². The van der Waals surface area contributed by atoms with E-state index in [0.29, 0.717) is 36.7 Å². The molecule has 1 saturated carbocycles. The second kappa shape index (κ2) is 8.23. The molecule has 1 aliphatic carbocycles. The van der Waals surface area contributed by atoms with Gasteiger partial charge in [0.25, 0.3) is 0 Å². The molecule has 6 heteroatoms. The van der Waals surface area contributed by atoms with E-state index in [9.17, 15) is 14.7 Å². The van der Waals surface area contributed by atoms with Crippen molar-refractivity contribution in [2.45, 2.75) is 51.0 Å². The lowest BCUT2D eigenvalue weighted by atomic mass is 9.77. The molecular formula is C19H27NO5. The average Bonchev–Trinajstić information content (AvgIpc) is 2.61. The van der Waals surface area contributed by atoms with Crippen molar-refractivity contribution in [3.05, 3.63) is 23.8 Å². The molecule has 1 fully saturated rings. The number of aryl methyl sites for hydroxylation is 1. The third-order valence-electron chi connectivity index (χ3n) is 4.97. The van der Waals surface area contributed by atoms with Crippen LogP contribution >= 0.6 is 0 Å². The molecule has 2 rings (SSSR count). The normalized spacial score (nSPS) is 22.9. The average molecular weight is 349 g/mol. The van der Waals surface area contributed by atoms with E-state index in [1.54, 1.807) is 20.3 Å². The van der Waals surface area contributed by atoms with Gasteiger partial charge in [-0.1, -0.05) is 6.92 Å². The van der Waals surface area contributed by atoms with Crippen LogP contribution in [0.2, 0.25) is 0 Å². The highest BCUT2D eigenvalue weighted by Gasteiger charge is 2.42. The second-order valence-electron chi connectivity index (χ2n) is 6.84. The molecule has 1 amide bonds. The number of nitrogens with one attached hydrogen (secondary N) is 1. The molecule has 0 aliphatic heterocycles. The van der Waals surface area contributed by atoms with Crippen molar-refractivity contribution in [3.63, 3.8) is 0 Å². The number of ether oxygens (including phenoxy) is 2. The summed E-state index contributed by atoms with van der Waals surface area (Å²) in [5.74, 6) is 0.666. The predicted molar refractivity (Wildman–Crippen MR) is 94.0 cm³/mol. The van der Waals surface area contributed by atoms with Crippen molar-refractivity contribution in [2.75, 3.05) is 14.2 Å². The molecule has 25 heavy (non-hydrogen) atoms. The highest BCUT2D eigenvalue weighted by Crippen LogP contribution is 2.32. The number of hydrogen-bond acceptors (Lipinski definition) is 4. The minimum absolute atomic E-state index is 0.223. The zero-order chi connectivity index (χ0) is 18.4. The number of methoxy groups -OCH3 is 2. The summed E-state index contributed by atoms with van der Waals surface area (Å²) in [6.07, 6.45) is 3.33. The zero-order valence-electron chi connectivity index (χ0n) is 15.1. The Morgan fingerprint density at radius 2 is 1.72 bits per heavy atom. The molecule has 1 aromatic rings. The molecule has 0 saturated heterocycles. The summed E-state index contributed by atoms with van der Waals surface area (Å²) >= 11 is 0. The van der Waals surface area contributed by atoms with Crippen molar-refractivity contribution < 1.29 is 24.2 Å². The van der Waals surface area contributed by atoms with Gasteiger partial charge < -0.3 is 19.9 Å². The number of rotatable bonds is 7. The summed E-state index contributed by atoms with van der Waals surface area (Å²) in [5.41, 5.74) is -0.205. The van der Waals surface area contributed by atoms with E-state index < -0.39 is 11.5 Å². The van der Waals surface area contributed by atoms with Crippen LogP contribution in [0, 0.1) is 5.92 Å². The summed E-state index contributed by atoms with van der Waals surface area (Å²) in [5, 5.41) is 12.4. The van der Waals surface area contributed by atoms with Crippen LogP contribution in [0.1, 0.15) is 44.6 Å². The minimum Gasteiger partial charge on any atom is -0.497 e. The van der Waals surface area contributed by atoms with E-state index in [2.05, 4.69) is 12.2 Å². The highest BCUT2D eigenvalue weighted by atomic mass is 16.5. The Labute approximate surface area is 148 Å². The molecule has 0 aromatic heterocycles. The van der Waals surface area contributed by atoms with Gasteiger partial charge in [-0.2, -0.15) is 0 Å². The first kappa shape index (κ1) is 19.1. The monoisotopic (exact) mass is 349 g/mol. The van der Waals surface area contributed by atoms with Crippen LogP contribution in [-0.4, -0.2) is 36.7 Å². The standard InChI is InChI=1S/C19H27NO5/c1-13-6-8-19(9-7-13,18(22)23)20-17(21)5-4-14-10-15(24-2)12-16(11-14)25-3/h10-13H,4-9H2,1-3H3,(H,20,21)(H,22,23). The number of carboxylic acids is 1. The van der Waals surface area contributed by atoms with Gasteiger partial charge in [-0.3, -0.25) is 4.79 Å². The summed E-state index contributed by atoms with van der Waals surface area (Å²) in [4.78, 5) is 24.1. The van der Waals surface area contributed by atoms with Gasteiger partial charge in [0.2, 0.25) is 5.91 Å². The van der Waals surface area contributed by atoms with Crippen molar-refractivity contribution in [1.82, 2.24) is 5.32 Å². The quantitative estimate of drug-likeness (QED) is 0.791. The van der Waals surface area contributed by atoms with Crippen molar-refractivity contribution in [1.29, 1.82) is 0 Å². The smallest absolute Gasteiger partial charge is 0.329 e. The predicted octanol–water partition coefficient (Wildman–Crippen LogP) is 2.79. The van der Waals surface area contributed by atoms with Crippen molar-refractivity contribution in [2.24, 2.45) is 5.92 Å². The maximum absolute atomic E-state index is 12.3. The number of aliphatic carboxylic acids is 1. The van der Waals surface area contributed by atoms with E-state index in [0.717, 1.165) is 18.4 Å². The van der Waals surface area contributed by atoms with E-state index >= 15 is 0 Å². The summed E-state index contributed by atoms with van der Waals surface area (Å²) in [6.45, 7) is 2.11. The molecule has 1 aromatic carbocycles. The largest absolute Gasteiger partial charge is 0.497 e. The Hall–Kier alpha value is -2.24. The molecule has 0 radical (unpaired) electrons. The first-order valence-corrected chi connectivity index (χ1v) is 8.65. The highest BCUT2D eigenvalue weighted by molar-refractivity contribution is 5.87. The van der Waals surface area contributed by atoms with E-state index in [-0.39, 0.29) is 12.3 Å². The van der Waals surface area contributed by atoms with Gasteiger partial charge in [0.05, 0.1) is 14.2 Å². The van der Waals surface area contributed by atoms with Gasteiger partial charge in [-0.05, 0) is 55.7 Å². The molecule has 0 spiro atoms. The SMILES string of the molecule is COc1cc(CCC(=O)NC2(C(=O)O)CCC(C)CC2)cc(OC)c1.